The topological polar surface area (TPSA) is 229 Å². The van der Waals surface area contributed by atoms with Gasteiger partial charge >= 0.3 is 24.1 Å². The average molecular weight is 1370 g/mol. The zero-order valence-electron chi connectivity index (χ0n) is 50.4. The van der Waals surface area contributed by atoms with Crippen LogP contribution in [0.2, 0.25) is 5.02 Å². The van der Waals surface area contributed by atoms with Crippen molar-refractivity contribution in [2.24, 2.45) is 11.8 Å². The zero-order chi connectivity index (χ0) is 65.6. The lowest BCUT2D eigenvalue weighted by Crippen LogP contribution is -2.40. The second-order valence-electron chi connectivity index (χ2n) is 22.5. The Morgan fingerprint density at radius 3 is 1.75 bits per heavy atom. The summed E-state index contributed by atoms with van der Waals surface area (Å²) in [4.78, 5) is 86.1. The molecular weight excluding hydrogens is 1300 g/mol. The number of thiazole rings is 3. The normalized spacial score (nSPS) is 13.4. The van der Waals surface area contributed by atoms with E-state index in [1.165, 1.54) is 112 Å². The van der Waals surface area contributed by atoms with E-state index >= 15 is 0 Å². The number of halogens is 5. The molecule has 1 aliphatic carbocycles. The number of benzene rings is 4. The molecule has 10 rings (SSSR count). The van der Waals surface area contributed by atoms with Crippen LogP contribution in [-0.4, -0.2) is 96.1 Å². The van der Waals surface area contributed by atoms with Crippen molar-refractivity contribution in [3.8, 4) is 0 Å². The summed E-state index contributed by atoms with van der Waals surface area (Å²) in [5, 5.41) is 40.6. The standard InChI is InChI=1S/C27H30N2O3S.C21H19Cl2NO3S2.C20H22F3N3O3S/c30-25(16-26-29-23(18-33-26)15-27(31)32)22-13-10-20(11-14-22)17-28-24-8-4-3-7-21(24)12-9-19-5-1-2-6-19;22-8-7-14-9-15(23)3-1-13(14)2-4-17-5-6-19(29-17)18(25)11-20-24-16(12-28-20)10-21(26)27;21-20(22,23)15-3-1-2-4-16(15)24-11-13-5-7-26(8-6-13)18(27)10-17-25-14(12-30-17)9-19(28)29/h3-4,7-8,10-11,13-14,18-19,28H,1-2,5-6,9,12,15-17H2,(H,31,32);1,3,5-6,9,12H,2,4,7-8,10-11H2,(H,26,27);1-4,12-13,24H,5-11H2,(H,28,29). The van der Waals surface area contributed by atoms with Gasteiger partial charge in [-0.15, -0.1) is 56.9 Å². The van der Waals surface area contributed by atoms with Gasteiger partial charge in [0.15, 0.2) is 11.6 Å². The highest BCUT2D eigenvalue weighted by atomic mass is 35.5. The van der Waals surface area contributed by atoms with E-state index < -0.39 is 29.6 Å². The summed E-state index contributed by atoms with van der Waals surface area (Å²) >= 11 is 17.4. The van der Waals surface area contributed by atoms with Gasteiger partial charge in [-0.2, -0.15) is 13.2 Å². The number of Topliss-reactive ketones (excluding diaryl/α,β-unsaturated/α-hetero) is 2. The molecule has 1 saturated carbocycles. The first-order valence-corrected chi connectivity index (χ1v) is 34.6. The Kier molecular flexibility index (Phi) is 26.9. The fourth-order valence-corrected chi connectivity index (χ4v) is 14.6. The quantitative estimate of drug-likeness (QED) is 0.0227. The van der Waals surface area contributed by atoms with E-state index in [9.17, 15) is 41.9 Å². The van der Waals surface area contributed by atoms with Crippen LogP contribution < -0.4 is 10.6 Å². The van der Waals surface area contributed by atoms with E-state index in [0.717, 1.165) is 48.1 Å². The molecule has 4 aromatic heterocycles. The third-order valence-corrected chi connectivity index (χ3v) is 20.0. The van der Waals surface area contributed by atoms with E-state index in [-0.39, 0.29) is 67.6 Å². The Morgan fingerprint density at radius 1 is 0.576 bits per heavy atom. The molecule has 0 radical (unpaired) electrons. The summed E-state index contributed by atoms with van der Waals surface area (Å²) in [5.74, 6) is -1.27. The van der Waals surface area contributed by atoms with Gasteiger partial charge in [-0.3, -0.25) is 28.8 Å². The van der Waals surface area contributed by atoms with Crippen LogP contribution in [0.1, 0.15) is 130 Å². The minimum Gasteiger partial charge on any atom is -0.481 e. The van der Waals surface area contributed by atoms with Gasteiger partial charge in [0.2, 0.25) is 5.91 Å². The minimum atomic E-state index is -4.40. The van der Waals surface area contributed by atoms with Gasteiger partial charge in [-0.1, -0.05) is 97.9 Å². The lowest BCUT2D eigenvalue weighted by atomic mass is 9.96. The Morgan fingerprint density at radius 2 is 1.15 bits per heavy atom. The molecule has 1 aliphatic heterocycles. The molecule has 15 nitrogen and oxygen atoms in total. The maximum atomic E-state index is 13.1. The number of alkyl halides is 4. The maximum Gasteiger partial charge on any atom is 0.418 e. The van der Waals surface area contributed by atoms with Crippen LogP contribution in [0.25, 0.3) is 0 Å². The van der Waals surface area contributed by atoms with E-state index in [4.69, 9.17) is 38.5 Å². The van der Waals surface area contributed by atoms with Crippen molar-refractivity contribution in [2.75, 3.05) is 36.1 Å². The second-order valence-corrected chi connectivity index (χ2v) is 27.4. The third kappa shape index (κ3) is 22.7. The fraction of sp³-hybridized carbons (Fsp3) is 0.368. The van der Waals surface area contributed by atoms with Gasteiger partial charge in [0, 0.05) is 75.0 Å². The van der Waals surface area contributed by atoms with Crippen LogP contribution in [-0.2, 0) is 96.1 Å². The van der Waals surface area contributed by atoms with Crippen LogP contribution in [0.15, 0.2) is 119 Å². The van der Waals surface area contributed by atoms with Gasteiger partial charge < -0.3 is 30.9 Å². The number of carboxylic acid groups (broad SMARTS) is 3. The minimum absolute atomic E-state index is 0.00629. The molecule has 24 heteroatoms. The predicted octanol–water partition coefficient (Wildman–Crippen LogP) is 15.1. The first kappa shape index (κ1) is 70.5. The Hall–Kier alpha value is -7.34. The monoisotopic (exact) mass is 1370 g/mol. The summed E-state index contributed by atoms with van der Waals surface area (Å²) < 4.78 is 39.2. The summed E-state index contributed by atoms with van der Waals surface area (Å²) in [6.45, 7) is 2.21. The number of ketones is 2. The second kappa shape index (κ2) is 35.1. The molecule has 486 valence electrons. The number of hydrogen-bond donors (Lipinski definition) is 5. The average Bonchev–Trinajstić information content (AvgIpc) is 1.95. The van der Waals surface area contributed by atoms with Gasteiger partial charge in [-0.05, 0) is 121 Å². The number of anilines is 2. The smallest absolute Gasteiger partial charge is 0.418 e. The molecule has 0 atom stereocenters. The number of aromatic nitrogens is 3. The Labute approximate surface area is 558 Å². The number of amides is 1. The third-order valence-electron chi connectivity index (χ3n) is 15.7. The van der Waals surface area contributed by atoms with Gasteiger partial charge in [-0.25, -0.2) is 15.0 Å². The van der Waals surface area contributed by atoms with E-state index in [2.05, 4.69) is 49.9 Å². The van der Waals surface area contributed by atoms with Crippen LogP contribution in [0.4, 0.5) is 24.5 Å². The fourth-order valence-electron chi connectivity index (χ4n) is 10.9. The lowest BCUT2D eigenvalue weighted by molar-refractivity contribution is -0.137. The molecule has 8 aromatic rings. The number of para-hydroxylation sites is 2. The summed E-state index contributed by atoms with van der Waals surface area (Å²) in [6.07, 6.45) is 7.53. The summed E-state index contributed by atoms with van der Waals surface area (Å²) in [6, 6.07) is 31.4. The molecule has 0 spiro atoms. The van der Waals surface area contributed by atoms with Crippen LogP contribution >= 0.6 is 68.5 Å². The van der Waals surface area contributed by atoms with E-state index in [0.29, 0.717) is 92.5 Å². The molecule has 2 fully saturated rings. The molecule has 5 N–H and O–H groups in total. The Bertz CT molecular complexity index is 3760. The number of rotatable bonds is 28. The molecule has 0 unspecified atom stereocenters. The predicted molar refractivity (Wildman–Crippen MR) is 357 cm³/mol. The van der Waals surface area contributed by atoms with Crippen LogP contribution in [0.5, 0.6) is 0 Å². The number of aliphatic carboxylic acids is 3. The number of nitrogens with zero attached hydrogens (tertiary/aromatic N) is 4. The molecule has 92 heavy (non-hydrogen) atoms. The number of carbonyl (C=O) groups is 6. The molecule has 4 aromatic carbocycles. The van der Waals surface area contributed by atoms with Gasteiger partial charge in [0.1, 0.15) is 15.0 Å². The van der Waals surface area contributed by atoms with Crippen LogP contribution in [0, 0.1) is 11.8 Å². The van der Waals surface area contributed by atoms with E-state index in [1.807, 2.05) is 54.6 Å². The number of hydrogen-bond acceptors (Lipinski definition) is 15. The Balaban J connectivity index is 0.000000178. The highest BCUT2D eigenvalue weighted by Crippen LogP contribution is 2.35. The molecule has 5 heterocycles. The number of carbonyl (C=O) groups excluding carboxylic acids is 3. The highest BCUT2D eigenvalue weighted by Gasteiger charge is 2.33. The SMILES string of the molecule is O=C(O)Cc1csc(CC(=O)N2CCC(CNc3ccccc3C(F)(F)F)CC2)n1.O=C(O)Cc1csc(CC(=O)c2ccc(CCc3ccc(Cl)cc3CCCl)s2)n1.O=C(O)Cc1csc(CC(=O)c2ccc(CNc3ccccc3CCC3CCCC3)cc2)n1. The van der Waals surface area contributed by atoms with Gasteiger partial charge in [0.05, 0.1) is 66.0 Å². The maximum absolute atomic E-state index is 13.1. The van der Waals surface area contributed by atoms with E-state index in [1.54, 1.807) is 27.1 Å². The number of nitrogens with one attached hydrogen (secondary N) is 2. The molecule has 1 amide bonds. The number of thiophene rings is 1. The van der Waals surface area contributed by atoms with Crippen LogP contribution in [0.3, 0.4) is 0 Å². The molecular formula is C68H71Cl2F3N6O9S4. The van der Waals surface area contributed by atoms with Crippen molar-refractivity contribution in [3.05, 3.63) is 200 Å². The van der Waals surface area contributed by atoms with Crippen molar-refractivity contribution in [3.63, 3.8) is 0 Å². The van der Waals surface area contributed by atoms with Crippen molar-refractivity contribution in [1.82, 2.24) is 19.9 Å². The lowest BCUT2D eigenvalue weighted by Gasteiger charge is -2.32. The molecule has 0 bridgehead atoms. The number of piperidine rings is 1. The van der Waals surface area contributed by atoms with Crippen molar-refractivity contribution < 1.29 is 57.3 Å². The summed E-state index contributed by atoms with van der Waals surface area (Å²) in [7, 11) is 0. The molecule has 1 saturated heterocycles. The van der Waals surface area contributed by atoms with Crippen molar-refractivity contribution in [2.45, 2.75) is 122 Å². The summed E-state index contributed by atoms with van der Waals surface area (Å²) in [5.41, 5.74) is 7.56. The molecule has 2 aliphatic rings. The first-order chi connectivity index (χ1) is 44.2. The van der Waals surface area contributed by atoms with Crippen molar-refractivity contribution in [1.29, 1.82) is 0 Å². The first-order valence-electron chi connectivity index (χ1n) is 30.3. The number of aryl methyl sites for hydroxylation is 4. The number of carboxylic acids is 3. The zero-order valence-corrected chi connectivity index (χ0v) is 55.1. The highest BCUT2D eigenvalue weighted by molar-refractivity contribution is 7.14. The number of likely N-dealkylation sites (tertiary alicyclic amines) is 1. The van der Waals surface area contributed by atoms with Gasteiger partial charge in [0.25, 0.3) is 0 Å². The van der Waals surface area contributed by atoms with Crippen molar-refractivity contribution >= 4 is 115 Å². The largest absolute Gasteiger partial charge is 0.481 e.